The Balaban J connectivity index is 1.64. The first-order valence-corrected chi connectivity index (χ1v) is 8.42. The van der Waals surface area contributed by atoms with Crippen molar-refractivity contribution in [2.45, 2.75) is 18.8 Å². The Bertz CT molecular complexity index is 1070. The molecule has 0 fully saturated rings. The first kappa shape index (κ1) is 19.3. The number of rotatable bonds is 6. The molecule has 0 bridgehead atoms. The summed E-state index contributed by atoms with van der Waals surface area (Å²) >= 11 is 0. The number of nitrogens with one attached hydrogen (secondary N) is 2. The van der Waals surface area contributed by atoms with E-state index < -0.39 is 29.7 Å². The Morgan fingerprint density at radius 1 is 1.11 bits per heavy atom. The molecular weight excluding hydrogens is 368 g/mol. The number of fused-ring (bicyclic) bond motifs is 1. The maximum absolute atomic E-state index is 12.0. The monoisotopic (exact) mass is 386 g/mol. The van der Waals surface area contributed by atoms with Crippen LogP contribution < -0.4 is 16.7 Å². The lowest BCUT2D eigenvalue weighted by molar-refractivity contribution is 0.0191. The number of aromatic nitrogens is 1. The normalized spacial score (nSPS) is 13.1. The molecule has 3 aromatic rings. The lowest BCUT2D eigenvalue weighted by Gasteiger charge is -2.19. The molecule has 0 aliphatic heterocycles. The minimum Gasteiger partial charge on any atom is -0.445 e. The summed E-state index contributed by atoms with van der Waals surface area (Å²) in [4.78, 5) is 37.3. The molecule has 2 atom stereocenters. The van der Waals surface area contributed by atoms with E-state index in [-0.39, 0.29) is 29.6 Å². The van der Waals surface area contributed by atoms with E-state index in [0.717, 1.165) is 5.56 Å². The fraction of sp³-hybridized carbons (Fsp3) is 0.211. The Labute approximate surface area is 158 Å². The summed E-state index contributed by atoms with van der Waals surface area (Å²) in [5, 5.41) is 22.9. The van der Waals surface area contributed by atoms with Crippen LogP contribution in [0.4, 0.5) is 4.79 Å². The third-order valence-corrected chi connectivity index (χ3v) is 4.07. The highest BCUT2D eigenvalue weighted by atomic mass is 16.5. The predicted octanol–water partition coefficient (Wildman–Crippen LogP) is 0.802. The third kappa shape index (κ3) is 4.45. The summed E-state index contributed by atoms with van der Waals surface area (Å²) in [6.45, 7) is -0.261. The fourth-order valence-corrected chi connectivity index (χ4v) is 2.70. The van der Waals surface area contributed by atoms with E-state index in [1.165, 1.54) is 18.2 Å². The van der Waals surface area contributed by atoms with E-state index in [4.69, 9.17) is 4.74 Å². The number of hydrogen-bond acceptors (Lipinski definition) is 7. The number of aliphatic hydroxyl groups excluding tert-OH is 2. The summed E-state index contributed by atoms with van der Waals surface area (Å²) in [5.74, 6) is -0.924. The first-order chi connectivity index (χ1) is 13.5. The molecule has 9 heteroatoms. The Morgan fingerprint density at radius 3 is 2.61 bits per heavy atom. The molecule has 0 aliphatic carbocycles. The summed E-state index contributed by atoms with van der Waals surface area (Å²) in [5.41, 5.74) is 0.0974. The Hall–Kier alpha value is -3.43. The molecule has 0 aliphatic rings. The minimum absolute atomic E-state index is 0.0553. The van der Waals surface area contributed by atoms with Gasteiger partial charge in [0.1, 0.15) is 18.8 Å². The third-order valence-electron chi connectivity index (χ3n) is 4.07. The van der Waals surface area contributed by atoms with Crippen molar-refractivity contribution in [2.75, 3.05) is 6.54 Å². The molecule has 1 heterocycles. The van der Waals surface area contributed by atoms with E-state index >= 15 is 0 Å². The van der Waals surface area contributed by atoms with Crippen molar-refractivity contribution < 1.29 is 24.2 Å². The maximum Gasteiger partial charge on any atom is 0.419 e. The number of carbonyl (C=O) groups is 1. The van der Waals surface area contributed by atoms with E-state index in [1.54, 1.807) is 12.1 Å². The summed E-state index contributed by atoms with van der Waals surface area (Å²) < 4.78 is 9.50. The smallest absolute Gasteiger partial charge is 0.419 e. The quantitative estimate of drug-likeness (QED) is 0.491. The average molecular weight is 386 g/mol. The predicted molar refractivity (Wildman–Crippen MR) is 98.7 cm³/mol. The summed E-state index contributed by atoms with van der Waals surface area (Å²) in [6.07, 6.45) is -3.70. The number of carbonyl (C=O) groups excluding carboxylic acids is 1. The number of amides is 1. The van der Waals surface area contributed by atoms with Crippen LogP contribution in [0.25, 0.3) is 10.9 Å². The zero-order valence-electron chi connectivity index (χ0n) is 14.6. The molecule has 28 heavy (non-hydrogen) atoms. The lowest BCUT2D eigenvalue weighted by Crippen LogP contribution is -2.36. The molecule has 2 unspecified atom stereocenters. The van der Waals surface area contributed by atoms with Gasteiger partial charge in [-0.2, -0.15) is 0 Å². The second-order valence-electron chi connectivity index (χ2n) is 6.03. The topological polar surface area (TPSA) is 142 Å². The number of aromatic amines is 1. The molecule has 146 valence electrons. The van der Waals surface area contributed by atoms with Gasteiger partial charge < -0.3 is 24.7 Å². The molecule has 9 nitrogen and oxygen atoms in total. The number of benzene rings is 2. The number of aliphatic hydroxyl groups is 2. The van der Waals surface area contributed by atoms with Crippen molar-refractivity contribution in [3.8, 4) is 0 Å². The zero-order valence-corrected chi connectivity index (χ0v) is 14.6. The van der Waals surface area contributed by atoms with Crippen LogP contribution >= 0.6 is 0 Å². The number of hydrogen-bond donors (Lipinski definition) is 4. The van der Waals surface area contributed by atoms with Crippen molar-refractivity contribution in [3.05, 3.63) is 80.6 Å². The highest BCUT2D eigenvalue weighted by molar-refractivity contribution is 5.81. The van der Waals surface area contributed by atoms with Gasteiger partial charge in [-0.1, -0.05) is 42.5 Å². The van der Waals surface area contributed by atoms with Gasteiger partial charge >= 0.3 is 17.5 Å². The van der Waals surface area contributed by atoms with Gasteiger partial charge in [0.25, 0.3) is 0 Å². The number of H-pyrrole nitrogens is 1. The van der Waals surface area contributed by atoms with E-state index in [1.807, 2.05) is 18.2 Å². The van der Waals surface area contributed by atoms with Gasteiger partial charge in [-0.25, -0.2) is 14.4 Å². The molecule has 1 amide bonds. The van der Waals surface area contributed by atoms with E-state index in [2.05, 4.69) is 14.7 Å². The van der Waals surface area contributed by atoms with Crippen LogP contribution in [-0.4, -0.2) is 33.9 Å². The van der Waals surface area contributed by atoms with Crippen molar-refractivity contribution in [3.63, 3.8) is 0 Å². The summed E-state index contributed by atoms with van der Waals surface area (Å²) in [7, 11) is 0. The van der Waals surface area contributed by atoms with Crippen LogP contribution in [0.1, 0.15) is 17.2 Å². The van der Waals surface area contributed by atoms with Crippen LogP contribution in [0.5, 0.6) is 0 Å². The van der Waals surface area contributed by atoms with Crippen molar-refractivity contribution in [1.29, 1.82) is 0 Å². The van der Waals surface area contributed by atoms with Gasteiger partial charge in [0.15, 0.2) is 0 Å². The highest BCUT2D eigenvalue weighted by Gasteiger charge is 2.23. The lowest BCUT2D eigenvalue weighted by atomic mass is 10.0. The molecular formula is C19H18N2O7. The molecule has 0 saturated heterocycles. The largest absolute Gasteiger partial charge is 0.445 e. The molecule has 2 aromatic carbocycles. The van der Waals surface area contributed by atoms with Crippen molar-refractivity contribution in [2.24, 2.45) is 0 Å². The molecule has 4 N–H and O–H groups in total. The Morgan fingerprint density at radius 2 is 1.86 bits per heavy atom. The zero-order chi connectivity index (χ0) is 20.1. The number of ether oxygens (including phenoxy) is 1. The minimum atomic E-state index is -1.51. The van der Waals surface area contributed by atoms with Crippen LogP contribution in [0, 0.1) is 0 Å². The molecule has 0 saturated carbocycles. The summed E-state index contributed by atoms with van der Waals surface area (Å²) in [6, 6.07) is 13.4. The van der Waals surface area contributed by atoms with Gasteiger partial charge in [-0.05, 0) is 17.2 Å². The van der Waals surface area contributed by atoms with E-state index in [9.17, 15) is 24.6 Å². The average Bonchev–Trinajstić information content (AvgIpc) is 2.70. The van der Waals surface area contributed by atoms with Crippen LogP contribution in [0.15, 0.2) is 62.5 Å². The van der Waals surface area contributed by atoms with Crippen molar-refractivity contribution >= 4 is 17.0 Å². The van der Waals surface area contributed by atoms with Gasteiger partial charge in [-0.15, -0.1) is 0 Å². The number of alkyl carbamates (subject to hydrolysis) is 1. The van der Waals surface area contributed by atoms with Crippen LogP contribution in [0.2, 0.25) is 0 Å². The van der Waals surface area contributed by atoms with Gasteiger partial charge in [-0.3, -0.25) is 4.98 Å². The van der Waals surface area contributed by atoms with Crippen molar-refractivity contribution in [1.82, 2.24) is 10.3 Å². The fourth-order valence-electron chi connectivity index (χ4n) is 2.70. The van der Waals surface area contributed by atoms with Gasteiger partial charge in [0, 0.05) is 6.54 Å². The molecule has 0 radical (unpaired) electrons. The standard InChI is InChI=1S/C19H18N2O7/c22-14(9-20-18(25)27-10-11-5-2-1-3-6-11)16(23)12-7-4-8-13-15(12)17(24)28-19(26)21-13/h1-8,14,16,22-23H,9-10H2,(H,20,25)(H,21,26). The maximum atomic E-state index is 12.0. The van der Waals surface area contributed by atoms with E-state index in [0.29, 0.717) is 0 Å². The second kappa shape index (κ2) is 8.51. The molecule has 0 spiro atoms. The first-order valence-electron chi connectivity index (χ1n) is 8.42. The van der Waals surface area contributed by atoms with Gasteiger partial charge in [0.2, 0.25) is 0 Å². The SMILES string of the molecule is O=C(NCC(O)C(O)c1cccc2[nH]c(=O)oc(=O)c12)OCc1ccccc1. The molecule has 3 rings (SSSR count). The highest BCUT2D eigenvalue weighted by Crippen LogP contribution is 2.22. The Kier molecular flexibility index (Phi) is 5.87. The van der Waals surface area contributed by atoms with Crippen LogP contribution in [0.3, 0.4) is 0 Å². The second-order valence-corrected chi connectivity index (χ2v) is 6.03. The molecule has 1 aromatic heterocycles. The van der Waals surface area contributed by atoms with Gasteiger partial charge in [0.05, 0.1) is 10.9 Å². The van der Waals surface area contributed by atoms with Crippen LogP contribution in [-0.2, 0) is 11.3 Å².